The molecule has 0 aliphatic carbocycles. The predicted molar refractivity (Wildman–Crippen MR) is 101 cm³/mol. The topological polar surface area (TPSA) is 74.8 Å². The van der Waals surface area contributed by atoms with Crippen molar-refractivity contribution in [1.82, 2.24) is 19.7 Å². The van der Waals surface area contributed by atoms with Crippen LogP contribution in [0.1, 0.15) is 28.0 Å². The number of aryl methyl sites for hydroxylation is 2. The quantitative estimate of drug-likeness (QED) is 0.705. The van der Waals surface area contributed by atoms with E-state index in [-0.39, 0.29) is 12.3 Å². The molecular weight excluding hydrogens is 350 g/mol. The van der Waals surface area contributed by atoms with Crippen LogP contribution in [-0.2, 0) is 0 Å². The Morgan fingerprint density at radius 3 is 2.65 bits per heavy atom. The molecule has 0 spiro atoms. The average molecular weight is 368 g/mol. The van der Waals surface area contributed by atoms with Crippen LogP contribution in [0.2, 0.25) is 5.02 Å². The predicted octanol–water partition coefficient (Wildman–Crippen LogP) is 3.68. The number of nitrogens with zero attached hydrogens (tertiary/aromatic N) is 5. The smallest absolute Gasteiger partial charge is 0.256 e. The van der Waals surface area contributed by atoms with Gasteiger partial charge in [-0.25, -0.2) is 9.67 Å². The number of hydrogen-bond acceptors (Lipinski definition) is 4. The number of fused-ring (bicyclic) bond motifs is 1. The summed E-state index contributed by atoms with van der Waals surface area (Å²) in [7, 11) is 1.64. The second kappa shape index (κ2) is 7.14. The van der Waals surface area contributed by atoms with Crippen molar-refractivity contribution in [3.63, 3.8) is 0 Å². The highest BCUT2D eigenvalue weighted by atomic mass is 35.5. The van der Waals surface area contributed by atoms with Crippen molar-refractivity contribution in [2.75, 3.05) is 13.6 Å². The number of rotatable bonds is 4. The second-order valence-corrected chi connectivity index (χ2v) is 6.53. The molecule has 1 aromatic carbocycles. The molecule has 0 saturated carbocycles. The van der Waals surface area contributed by atoms with Crippen LogP contribution in [-0.4, -0.2) is 39.2 Å². The molecule has 0 N–H and O–H groups in total. The first-order valence-corrected chi connectivity index (χ1v) is 8.55. The Labute approximate surface area is 156 Å². The van der Waals surface area contributed by atoms with Gasteiger partial charge in [-0.1, -0.05) is 29.3 Å². The Kier molecular flexibility index (Phi) is 4.92. The summed E-state index contributed by atoms with van der Waals surface area (Å²) in [6.45, 7) is 4.20. The molecular formula is C19H18ClN5O. The Morgan fingerprint density at radius 1 is 1.31 bits per heavy atom. The van der Waals surface area contributed by atoms with Gasteiger partial charge in [-0.15, -0.1) is 0 Å². The molecule has 0 bridgehead atoms. The van der Waals surface area contributed by atoms with Crippen LogP contribution in [0.4, 0.5) is 0 Å². The molecule has 2 aromatic heterocycles. The third-order valence-electron chi connectivity index (χ3n) is 4.22. The van der Waals surface area contributed by atoms with E-state index in [0.29, 0.717) is 33.9 Å². The number of carbonyl (C=O) groups is 1. The lowest BCUT2D eigenvalue weighted by Crippen LogP contribution is -2.28. The standard InChI is InChI=1S/C19H18ClN5O/c1-12-5-7-14(8-6-12)25-18-16(13(2)23-25)17(20)15(11-22-18)19(26)24(3)10-4-9-21/h5-8,11H,4,10H2,1-3H3. The number of benzene rings is 1. The van der Waals surface area contributed by atoms with Gasteiger partial charge in [-0.3, -0.25) is 4.79 Å². The molecule has 0 saturated heterocycles. The number of halogens is 1. The molecule has 0 fully saturated rings. The highest BCUT2D eigenvalue weighted by molar-refractivity contribution is 6.38. The zero-order valence-corrected chi connectivity index (χ0v) is 15.6. The minimum absolute atomic E-state index is 0.262. The Bertz CT molecular complexity index is 1020. The van der Waals surface area contributed by atoms with Crippen molar-refractivity contribution in [3.05, 3.63) is 52.3 Å². The van der Waals surface area contributed by atoms with Crippen molar-refractivity contribution in [2.24, 2.45) is 0 Å². The van der Waals surface area contributed by atoms with E-state index in [0.717, 1.165) is 11.3 Å². The second-order valence-electron chi connectivity index (χ2n) is 6.15. The van der Waals surface area contributed by atoms with Gasteiger partial charge in [-0.2, -0.15) is 10.4 Å². The van der Waals surface area contributed by atoms with Gasteiger partial charge < -0.3 is 4.90 Å². The number of hydrogen-bond donors (Lipinski definition) is 0. The number of amides is 1. The highest BCUT2D eigenvalue weighted by Gasteiger charge is 2.21. The van der Waals surface area contributed by atoms with Gasteiger partial charge in [-0.05, 0) is 26.0 Å². The average Bonchev–Trinajstić information content (AvgIpc) is 2.97. The van der Waals surface area contributed by atoms with E-state index in [1.54, 1.807) is 11.7 Å². The molecule has 26 heavy (non-hydrogen) atoms. The molecule has 1 amide bonds. The molecule has 0 atom stereocenters. The lowest BCUT2D eigenvalue weighted by Gasteiger charge is -2.16. The minimum atomic E-state index is -0.262. The highest BCUT2D eigenvalue weighted by Crippen LogP contribution is 2.30. The van der Waals surface area contributed by atoms with Crippen molar-refractivity contribution < 1.29 is 4.79 Å². The van der Waals surface area contributed by atoms with Gasteiger partial charge in [0, 0.05) is 19.8 Å². The van der Waals surface area contributed by atoms with E-state index in [1.807, 2.05) is 44.2 Å². The molecule has 3 rings (SSSR count). The van der Waals surface area contributed by atoms with Crippen LogP contribution >= 0.6 is 11.6 Å². The summed E-state index contributed by atoms with van der Waals surface area (Å²) in [5.74, 6) is -0.262. The number of pyridine rings is 1. The van der Waals surface area contributed by atoms with Crippen LogP contribution in [0.5, 0.6) is 0 Å². The molecule has 2 heterocycles. The summed E-state index contributed by atoms with van der Waals surface area (Å²) in [6, 6.07) is 9.96. The van der Waals surface area contributed by atoms with Gasteiger partial charge in [0.15, 0.2) is 5.65 Å². The van der Waals surface area contributed by atoms with E-state index in [2.05, 4.69) is 10.1 Å². The summed E-state index contributed by atoms with van der Waals surface area (Å²) in [6.07, 6.45) is 1.74. The van der Waals surface area contributed by atoms with Crippen LogP contribution in [0.15, 0.2) is 30.5 Å². The number of carbonyl (C=O) groups excluding carboxylic acids is 1. The summed E-state index contributed by atoms with van der Waals surface area (Å²) >= 11 is 6.54. The zero-order valence-electron chi connectivity index (χ0n) is 14.8. The summed E-state index contributed by atoms with van der Waals surface area (Å²) in [4.78, 5) is 18.5. The fraction of sp³-hybridized carbons (Fsp3) is 0.263. The van der Waals surface area contributed by atoms with Crippen molar-refractivity contribution in [3.8, 4) is 11.8 Å². The monoisotopic (exact) mass is 367 g/mol. The third-order valence-corrected chi connectivity index (χ3v) is 4.62. The molecule has 6 nitrogen and oxygen atoms in total. The molecule has 3 aromatic rings. The molecule has 0 radical (unpaired) electrons. The summed E-state index contributed by atoms with van der Waals surface area (Å²) in [5, 5.41) is 14.2. The molecule has 7 heteroatoms. The van der Waals surface area contributed by atoms with Crippen molar-refractivity contribution in [2.45, 2.75) is 20.3 Å². The lowest BCUT2D eigenvalue weighted by atomic mass is 10.2. The molecule has 0 aliphatic heterocycles. The van der Waals surface area contributed by atoms with E-state index >= 15 is 0 Å². The lowest BCUT2D eigenvalue weighted by molar-refractivity contribution is 0.0798. The van der Waals surface area contributed by atoms with Gasteiger partial charge in [0.05, 0.1) is 39.8 Å². The first-order chi connectivity index (χ1) is 12.4. The van der Waals surface area contributed by atoms with Gasteiger partial charge in [0.2, 0.25) is 0 Å². The van der Waals surface area contributed by atoms with Crippen LogP contribution in [0, 0.1) is 25.2 Å². The minimum Gasteiger partial charge on any atom is -0.341 e. The van der Waals surface area contributed by atoms with Gasteiger partial charge >= 0.3 is 0 Å². The van der Waals surface area contributed by atoms with Crippen molar-refractivity contribution >= 4 is 28.5 Å². The Morgan fingerprint density at radius 2 is 2.00 bits per heavy atom. The maximum absolute atomic E-state index is 12.6. The van der Waals surface area contributed by atoms with Gasteiger partial charge in [0.25, 0.3) is 5.91 Å². The van der Waals surface area contributed by atoms with Crippen LogP contribution in [0.3, 0.4) is 0 Å². The molecule has 132 valence electrons. The number of nitriles is 1. The molecule has 0 unspecified atom stereocenters. The fourth-order valence-corrected chi connectivity index (χ4v) is 3.10. The Hall–Kier alpha value is -2.91. The van der Waals surface area contributed by atoms with E-state index in [4.69, 9.17) is 16.9 Å². The Balaban J connectivity index is 2.08. The van der Waals surface area contributed by atoms with E-state index in [9.17, 15) is 4.79 Å². The van der Waals surface area contributed by atoms with Crippen molar-refractivity contribution in [1.29, 1.82) is 5.26 Å². The van der Waals surface area contributed by atoms with Gasteiger partial charge in [0.1, 0.15) is 0 Å². The SMILES string of the molecule is Cc1ccc(-n2nc(C)c3c(Cl)c(C(=O)N(C)CCC#N)cnc32)cc1. The summed E-state index contributed by atoms with van der Waals surface area (Å²) in [5.41, 5.74) is 3.65. The third kappa shape index (κ3) is 3.14. The van der Waals surface area contributed by atoms with Crippen LogP contribution < -0.4 is 0 Å². The van der Waals surface area contributed by atoms with Crippen LogP contribution in [0.25, 0.3) is 16.7 Å². The number of aromatic nitrogens is 3. The fourth-order valence-electron chi connectivity index (χ4n) is 2.75. The summed E-state index contributed by atoms with van der Waals surface area (Å²) < 4.78 is 1.73. The molecule has 0 aliphatic rings. The first-order valence-electron chi connectivity index (χ1n) is 8.17. The zero-order chi connectivity index (χ0) is 18.8. The maximum Gasteiger partial charge on any atom is 0.256 e. The first kappa shape index (κ1) is 17.9. The maximum atomic E-state index is 12.6. The van der Waals surface area contributed by atoms with E-state index in [1.165, 1.54) is 11.1 Å². The normalized spacial score (nSPS) is 10.7. The largest absolute Gasteiger partial charge is 0.341 e. The van der Waals surface area contributed by atoms with E-state index < -0.39 is 0 Å².